The second-order valence-corrected chi connectivity index (χ2v) is 6.76. The van der Waals surface area contributed by atoms with Crippen LogP contribution < -0.4 is 20.9 Å². The molecule has 2 aromatic carbocycles. The highest BCUT2D eigenvalue weighted by molar-refractivity contribution is 5.75. The predicted molar refractivity (Wildman–Crippen MR) is 112 cm³/mol. The minimum atomic E-state index is -1.09. The molecule has 0 saturated carbocycles. The molecule has 30 heavy (non-hydrogen) atoms. The zero-order valence-electron chi connectivity index (χ0n) is 16.8. The molecule has 0 aliphatic carbocycles. The molecule has 162 valence electrons. The number of carbonyl (C=O) groups is 2. The first-order valence-corrected chi connectivity index (χ1v) is 9.22. The Morgan fingerprint density at radius 2 is 1.13 bits per heavy atom. The highest BCUT2D eigenvalue weighted by Crippen LogP contribution is 2.28. The number of rotatable bonds is 11. The van der Waals surface area contributed by atoms with Gasteiger partial charge >= 0.3 is 11.9 Å². The van der Waals surface area contributed by atoms with Crippen molar-refractivity contribution in [3.8, 4) is 11.5 Å². The van der Waals surface area contributed by atoms with Gasteiger partial charge in [-0.15, -0.1) is 0 Å². The fraction of sp³-hybridized carbons (Fsp3) is 0.300. The zero-order chi connectivity index (χ0) is 22.3. The SMILES string of the molecule is Cc1ccc(O)c(N(CC(=O)O)NCCNN(CC(=O)O)c2cc(C)ccc2O)c1. The third kappa shape index (κ3) is 6.54. The number of hydrogen-bond acceptors (Lipinski definition) is 8. The molecule has 0 saturated heterocycles. The summed E-state index contributed by atoms with van der Waals surface area (Å²) < 4.78 is 0. The van der Waals surface area contributed by atoms with Crippen molar-refractivity contribution in [2.24, 2.45) is 0 Å². The molecule has 0 spiro atoms. The van der Waals surface area contributed by atoms with Crippen molar-refractivity contribution in [1.82, 2.24) is 10.9 Å². The van der Waals surface area contributed by atoms with E-state index in [0.29, 0.717) is 11.4 Å². The van der Waals surface area contributed by atoms with Gasteiger partial charge in [-0.25, -0.2) is 10.9 Å². The van der Waals surface area contributed by atoms with Gasteiger partial charge < -0.3 is 20.4 Å². The van der Waals surface area contributed by atoms with Crippen LogP contribution in [-0.4, -0.2) is 58.5 Å². The molecule has 0 radical (unpaired) electrons. The first kappa shape index (κ1) is 22.8. The summed E-state index contributed by atoms with van der Waals surface area (Å²) in [6.07, 6.45) is 0. The molecule has 0 unspecified atom stereocenters. The van der Waals surface area contributed by atoms with E-state index in [-0.39, 0.29) is 24.6 Å². The van der Waals surface area contributed by atoms with Crippen molar-refractivity contribution in [1.29, 1.82) is 0 Å². The normalized spacial score (nSPS) is 10.6. The standard InChI is InChI=1S/C20H26N4O6/c1-13-3-5-17(25)15(9-13)23(11-19(27)28)21-7-8-22-24(12-20(29)30)16-10-14(2)4-6-18(16)26/h3-6,9-10,21-22,25-26H,7-8,11-12H2,1-2H3,(H,27,28)(H,29,30). The molecule has 0 aliphatic heterocycles. The van der Waals surface area contributed by atoms with E-state index < -0.39 is 25.0 Å². The summed E-state index contributed by atoms with van der Waals surface area (Å²) in [5.74, 6) is -2.32. The first-order chi connectivity index (χ1) is 14.2. The Morgan fingerprint density at radius 3 is 1.47 bits per heavy atom. The quantitative estimate of drug-likeness (QED) is 0.232. The molecular formula is C20H26N4O6. The predicted octanol–water partition coefficient (Wildman–Crippen LogP) is 1.21. The minimum Gasteiger partial charge on any atom is -0.506 e. The second kappa shape index (κ2) is 10.3. The molecule has 0 fully saturated rings. The average Bonchev–Trinajstić information content (AvgIpc) is 2.66. The lowest BCUT2D eigenvalue weighted by Crippen LogP contribution is -2.48. The number of nitrogens with zero attached hydrogens (tertiary/aromatic N) is 2. The van der Waals surface area contributed by atoms with Crippen molar-refractivity contribution in [2.45, 2.75) is 13.8 Å². The molecule has 0 aliphatic rings. The monoisotopic (exact) mass is 418 g/mol. The summed E-state index contributed by atoms with van der Waals surface area (Å²) in [6.45, 7) is 3.28. The summed E-state index contributed by atoms with van der Waals surface area (Å²) in [4.78, 5) is 22.4. The number of hydrazine groups is 2. The van der Waals surface area contributed by atoms with Crippen LogP contribution >= 0.6 is 0 Å². The van der Waals surface area contributed by atoms with E-state index in [1.54, 1.807) is 24.3 Å². The topological polar surface area (TPSA) is 146 Å². The van der Waals surface area contributed by atoms with E-state index in [9.17, 15) is 30.0 Å². The van der Waals surface area contributed by atoms with Gasteiger partial charge in [0.15, 0.2) is 0 Å². The van der Waals surface area contributed by atoms with E-state index in [2.05, 4.69) is 10.9 Å². The lowest BCUT2D eigenvalue weighted by molar-refractivity contribution is -0.136. The molecule has 10 nitrogen and oxygen atoms in total. The van der Waals surface area contributed by atoms with Gasteiger partial charge in [0.25, 0.3) is 0 Å². The maximum Gasteiger partial charge on any atom is 0.324 e. The fourth-order valence-corrected chi connectivity index (χ4v) is 2.80. The van der Waals surface area contributed by atoms with Gasteiger partial charge in [-0.2, -0.15) is 0 Å². The Kier molecular flexibility index (Phi) is 7.84. The van der Waals surface area contributed by atoms with Crippen molar-refractivity contribution >= 4 is 23.3 Å². The number of phenols is 2. The van der Waals surface area contributed by atoms with Gasteiger partial charge in [-0.1, -0.05) is 12.1 Å². The third-order valence-corrected chi connectivity index (χ3v) is 4.16. The molecule has 0 aromatic heterocycles. The van der Waals surface area contributed by atoms with Crippen LogP contribution in [0.2, 0.25) is 0 Å². The minimum absolute atomic E-state index is 0.0699. The Morgan fingerprint density at radius 1 is 0.767 bits per heavy atom. The molecule has 0 amide bonds. The smallest absolute Gasteiger partial charge is 0.324 e. The zero-order valence-corrected chi connectivity index (χ0v) is 16.8. The molecule has 2 rings (SSSR count). The Balaban J connectivity index is 2.07. The van der Waals surface area contributed by atoms with Gasteiger partial charge in [-0.3, -0.25) is 19.6 Å². The van der Waals surface area contributed by atoms with Crippen LogP contribution in [0.1, 0.15) is 11.1 Å². The number of anilines is 2. The highest BCUT2D eigenvalue weighted by atomic mass is 16.4. The summed E-state index contributed by atoms with van der Waals surface area (Å²) in [5, 5.41) is 41.1. The number of aryl methyl sites for hydroxylation is 2. The third-order valence-electron chi connectivity index (χ3n) is 4.16. The largest absolute Gasteiger partial charge is 0.506 e. The fourth-order valence-electron chi connectivity index (χ4n) is 2.80. The van der Waals surface area contributed by atoms with Crippen molar-refractivity contribution in [3.05, 3.63) is 47.5 Å². The molecular weight excluding hydrogens is 392 g/mol. The molecule has 2 aromatic rings. The van der Waals surface area contributed by atoms with Crippen molar-refractivity contribution < 1.29 is 30.0 Å². The lowest BCUT2D eigenvalue weighted by atomic mass is 10.2. The van der Waals surface area contributed by atoms with Gasteiger partial charge in [0.1, 0.15) is 24.6 Å². The number of aliphatic carboxylic acids is 2. The van der Waals surface area contributed by atoms with Gasteiger partial charge in [0.05, 0.1) is 11.4 Å². The van der Waals surface area contributed by atoms with E-state index in [4.69, 9.17) is 0 Å². The number of benzene rings is 2. The second-order valence-electron chi connectivity index (χ2n) is 6.76. The van der Waals surface area contributed by atoms with E-state index in [0.717, 1.165) is 11.1 Å². The van der Waals surface area contributed by atoms with Crippen LogP contribution in [0.25, 0.3) is 0 Å². The van der Waals surface area contributed by atoms with Crippen LogP contribution in [0.5, 0.6) is 11.5 Å². The van der Waals surface area contributed by atoms with Crippen LogP contribution in [0, 0.1) is 13.8 Å². The van der Waals surface area contributed by atoms with Crippen LogP contribution in [-0.2, 0) is 9.59 Å². The van der Waals surface area contributed by atoms with Crippen LogP contribution in [0.4, 0.5) is 11.4 Å². The summed E-state index contributed by atoms with van der Waals surface area (Å²) in [7, 11) is 0. The summed E-state index contributed by atoms with van der Waals surface area (Å²) >= 11 is 0. The van der Waals surface area contributed by atoms with Crippen LogP contribution in [0.3, 0.4) is 0 Å². The number of carboxylic acid groups (broad SMARTS) is 2. The van der Waals surface area contributed by atoms with Crippen molar-refractivity contribution in [3.63, 3.8) is 0 Å². The Labute approximate surface area is 173 Å². The highest BCUT2D eigenvalue weighted by Gasteiger charge is 2.17. The number of carboxylic acids is 2. The summed E-state index contributed by atoms with van der Waals surface area (Å²) in [6, 6.07) is 9.68. The summed E-state index contributed by atoms with van der Waals surface area (Å²) in [5.41, 5.74) is 8.16. The maximum atomic E-state index is 11.2. The van der Waals surface area contributed by atoms with Gasteiger partial charge in [-0.05, 0) is 49.2 Å². The number of aromatic hydroxyl groups is 2. The number of hydrogen-bond donors (Lipinski definition) is 6. The number of phenolic OH excluding ortho intramolecular Hbond substituents is 2. The van der Waals surface area contributed by atoms with E-state index in [1.165, 1.54) is 22.2 Å². The van der Waals surface area contributed by atoms with Crippen LogP contribution in [0.15, 0.2) is 36.4 Å². The average molecular weight is 418 g/mol. The first-order valence-electron chi connectivity index (χ1n) is 9.22. The van der Waals surface area contributed by atoms with Crippen molar-refractivity contribution in [2.75, 3.05) is 36.2 Å². The number of nitrogens with one attached hydrogen (secondary N) is 2. The maximum absolute atomic E-state index is 11.2. The lowest BCUT2D eigenvalue weighted by Gasteiger charge is -2.27. The Hall–Kier alpha value is -3.50. The van der Waals surface area contributed by atoms with Gasteiger partial charge in [0.2, 0.25) is 0 Å². The molecule has 0 atom stereocenters. The molecule has 10 heteroatoms. The molecule has 0 bridgehead atoms. The molecule has 0 heterocycles. The van der Waals surface area contributed by atoms with E-state index in [1.807, 2.05) is 13.8 Å². The molecule has 6 N–H and O–H groups in total. The van der Waals surface area contributed by atoms with E-state index >= 15 is 0 Å². The Bertz CT molecular complexity index is 831. The van der Waals surface area contributed by atoms with Gasteiger partial charge in [0, 0.05) is 13.1 Å².